The maximum atomic E-state index is 14.6. The minimum atomic E-state index is -0.467. The molecule has 1 N–H and O–H groups in total. The summed E-state index contributed by atoms with van der Waals surface area (Å²) in [5, 5.41) is 18.6. The molecular weight excluding hydrogens is 428 g/mol. The van der Waals surface area contributed by atoms with Gasteiger partial charge in [-0.1, -0.05) is 32.9 Å². The summed E-state index contributed by atoms with van der Waals surface area (Å²) in [6.07, 6.45) is 3.00. The van der Waals surface area contributed by atoms with E-state index < -0.39 is 11.6 Å². The van der Waals surface area contributed by atoms with Crippen molar-refractivity contribution in [3.63, 3.8) is 0 Å². The molecule has 3 unspecified atom stereocenters. The Labute approximate surface area is 191 Å². The zero-order valence-corrected chi connectivity index (χ0v) is 19.0. The topological polar surface area (TPSA) is 66.5 Å². The van der Waals surface area contributed by atoms with Crippen LogP contribution in [0.4, 0.5) is 8.78 Å². The molecule has 0 amide bonds. The number of hydrogen-bond donors (Lipinski definition) is 1. The molecule has 2 heterocycles. The van der Waals surface area contributed by atoms with Crippen LogP contribution in [0.3, 0.4) is 0 Å². The Morgan fingerprint density at radius 1 is 1.19 bits per heavy atom. The van der Waals surface area contributed by atoms with E-state index in [9.17, 15) is 8.78 Å². The molecule has 0 saturated heterocycles. The van der Waals surface area contributed by atoms with Crippen LogP contribution in [0.15, 0.2) is 60.5 Å². The van der Waals surface area contributed by atoms with Crippen LogP contribution < -0.4 is 5.32 Å². The SMILES string of the molecule is CC.CC(C1NC(c2ccc(C#N)cc2)=CS1)C(Cn1cncn1)c1cc(F)ccc1F. The van der Waals surface area contributed by atoms with Crippen LogP contribution in [0.2, 0.25) is 0 Å². The summed E-state index contributed by atoms with van der Waals surface area (Å²) in [5.74, 6) is -1.27. The molecule has 0 aliphatic carbocycles. The van der Waals surface area contributed by atoms with Gasteiger partial charge in [0, 0.05) is 11.6 Å². The van der Waals surface area contributed by atoms with Gasteiger partial charge in [-0.25, -0.2) is 13.8 Å². The number of nitrogens with one attached hydrogen (secondary N) is 1. The maximum Gasteiger partial charge on any atom is 0.137 e. The fraction of sp³-hybridized carbons (Fsp3) is 0.292. The average molecular weight is 454 g/mol. The zero-order chi connectivity index (χ0) is 23.1. The molecule has 166 valence electrons. The van der Waals surface area contributed by atoms with Crippen LogP contribution in [-0.4, -0.2) is 20.1 Å². The van der Waals surface area contributed by atoms with Crippen LogP contribution in [0.25, 0.3) is 5.70 Å². The van der Waals surface area contributed by atoms with Crippen molar-refractivity contribution in [1.82, 2.24) is 20.1 Å². The second kappa shape index (κ2) is 10.9. The van der Waals surface area contributed by atoms with Crippen LogP contribution in [0, 0.1) is 28.9 Å². The fourth-order valence-electron chi connectivity index (χ4n) is 3.58. The van der Waals surface area contributed by atoms with Crippen LogP contribution >= 0.6 is 11.8 Å². The number of halogens is 2. The lowest BCUT2D eigenvalue weighted by Crippen LogP contribution is -2.33. The lowest BCUT2D eigenvalue weighted by Gasteiger charge is -2.29. The lowest BCUT2D eigenvalue weighted by molar-refractivity contribution is 0.361. The number of rotatable bonds is 6. The van der Waals surface area contributed by atoms with Crippen molar-refractivity contribution >= 4 is 17.5 Å². The van der Waals surface area contributed by atoms with Gasteiger partial charge in [0.2, 0.25) is 0 Å². The van der Waals surface area contributed by atoms with Gasteiger partial charge in [-0.15, -0.1) is 11.8 Å². The number of hydrogen-bond acceptors (Lipinski definition) is 5. The number of nitriles is 1. The summed E-state index contributed by atoms with van der Waals surface area (Å²) < 4.78 is 30.2. The van der Waals surface area contributed by atoms with Gasteiger partial charge in [0.05, 0.1) is 23.6 Å². The van der Waals surface area contributed by atoms with Crippen LogP contribution in [0.5, 0.6) is 0 Å². The molecule has 0 bridgehead atoms. The first-order chi connectivity index (χ1) is 15.5. The van der Waals surface area contributed by atoms with Gasteiger partial charge >= 0.3 is 0 Å². The maximum absolute atomic E-state index is 14.6. The third-order valence-corrected chi connectivity index (χ3v) is 6.49. The summed E-state index contributed by atoms with van der Waals surface area (Å²) in [7, 11) is 0. The highest BCUT2D eigenvalue weighted by atomic mass is 32.2. The molecule has 5 nitrogen and oxygen atoms in total. The highest BCUT2D eigenvalue weighted by Crippen LogP contribution is 2.39. The van der Waals surface area contributed by atoms with E-state index in [1.54, 1.807) is 34.9 Å². The Hall–Kier alpha value is -3.18. The molecule has 1 aliphatic rings. The highest BCUT2D eigenvalue weighted by Gasteiger charge is 2.32. The van der Waals surface area contributed by atoms with Gasteiger partial charge in [-0.3, -0.25) is 4.68 Å². The second-order valence-corrected chi connectivity index (χ2v) is 8.19. The number of aromatic nitrogens is 3. The van der Waals surface area contributed by atoms with E-state index in [0.717, 1.165) is 17.3 Å². The van der Waals surface area contributed by atoms with Gasteiger partial charge in [0.1, 0.15) is 24.3 Å². The molecule has 0 fully saturated rings. The van der Waals surface area contributed by atoms with E-state index in [1.165, 1.54) is 18.5 Å². The quantitative estimate of drug-likeness (QED) is 0.531. The van der Waals surface area contributed by atoms with Gasteiger partial charge in [-0.2, -0.15) is 10.4 Å². The van der Waals surface area contributed by atoms with Crippen molar-refractivity contribution < 1.29 is 8.78 Å². The fourth-order valence-corrected chi connectivity index (χ4v) is 4.70. The standard InChI is InChI=1S/C22H19F2N5S.C2H6/c1-14(22-28-21(11-30-22)16-4-2-15(9-25)3-5-16)19(10-29-13-26-12-27-29)18-8-17(23)6-7-20(18)24;1-2/h2-8,11-14,19,22,28H,10H2,1H3;1-2H3. The first kappa shape index (κ1) is 23.5. The van der Waals surface area contributed by atoms with E-state index in [4.69, 9.17) is 5.26 Å². The molecule has 0 radical (unpaired) electrons. The third kappa shape index (κ3) is 5.35. The van der Waals surface area contributed by atoms with Gasteiger partial charge in [-0.05, 0) is 52.8 Å². The highest BCUT2D eigenvalue weighted by molar-refractivity contribution is 8.03. The van der Waals surface area contributed by atoms with E-state index >= 15 is 0 Å². The van der Waals surface area contributed by atoms with Gasteiger partial charge in [0.25, 0.3) is 0 Å². The van der Waals surface area contributed by atoms with E-state index in [1.807, 2.05) is 38.3 Å². The number of thioether (sulfide) groups is 1. The normalized spacial score (nSPS) is 16.8. The average Bonchev–Trinajstić information content (AvgIpc) is 3.53. The molecule has 8 heteroatoms. The molecule has 0 spiro atoms. The Bertz CT molecular complexity index is 1090. The Morgan fingerprint density at radius 2 is 1.94 bits per heavy atom. The summed E-state index contributed by atoms with van der Waals surface area (Å²) in [6, 6.07) is 13.0. The summed E-state index contributed by atoms with van der Waals surface area (Å²) in [6.45, 7) is 6.40. The molecule has 0 saturated carbocycles. The second-order valence-electron chi connectivity index (χ2n) is 7.17. The summed E-state index contributed by atoms with van der Waals surface area (Å²) in [4.78, 5) is 3.96. The molecule has 32 heavy (non-hydrogen) atoms. The van der Waals surface area contributed by atoms with Crippen molar-refractivity contribution in [1.29, 1.82) is 5.26 Å². The first-order valence-electron chi connectivity index (χ1n) is 10.4. The molecule has 1 aromatic heterocycles. The molecule has 3 atom stereocenters. The van der Waals surface area contributed by atoms with Crippen molar-refractivity contribution in [3.8, 4) is 6.07 Å². The van der Waals surface area contributed by atoms with Crippen LogP contribution in [-0.2, 0) is 6.54 Å². The van der Waals surface area contributed by atoms with Crippen molar-refractivity contribution in [2.75, 3.05) is 0 Å². The van der Waals surface area contributed by atoms with Crippen LogP contribution in [0.1, 0.15) is 43.4 Å². The molecule has 3 aromatic rings. The molecule has 2 aromatic carbocycles. The number of benzene rings is 2. The summed E-state index contributed by atoms with van der Waals surface area (Å²) >= 11 is 1.61. The minimum absolute atomic E-state index is 0.0353. The lowest BCUT2D eigenvalue weighted by atomic mass is 9.86. The van der Waals surface area contributed by atoms with E-state index in [0.29, 0.717) is 17.7 Å². The predicted octanol–water partition coefficient (Wildman–Crippen LogP) is 5.54. The Balaban J connectivity index is 0.00000141. The van der Waals surface area contributed by atoms with E-state index in [-0.39, 0.29) is 17.2 Å². The zero-order valence-electron chi connectivity index (χ0n) is 18.2. The van der Waals surface area contributed by atoms with Crippen molar-refractivity contribution in [3.05, 3.63) is 88.9 Å². The Morgan fingerprint density at radius 3 is 2.59 bits per heavy atom. The van der Waals surface area contributed by atoms with Crippen molar-refractivity contribution in [2.24, 2.45) is 5.92 Å². The molecule has 4 rings (SSSR count). The molecular formula is C24H25F2N5S. The molecule has 1 aliphatic heterocycles. The van der Waals surface area contributed by atoms with Gasteiger partial charge in [0.15, 0.2) is 0 Å². The monoisotopic (exact) mass is 453 g/mol. The summed E-state index contributed by atoms with van der Waals surface area (Å²) in [5.41, 5.74) is 2.85. The Kier molecular flexibility index (Phi) is 8.01. The number of nitrogens with zero attached hydrogens (tertiary/aromatic N) is 4. The van der Waals surface area contributed by atoms with Crippen molar-refractivity contribution in [2.45, 2.75) is 38.6 Å². The van der Waals surface area contributed by atoms with Gasteiger partial charge < -0.3 is 5.32 Å². The first-order valence-corrected chi connectivity index (χ1v) is 11.4. The predicted molar refractivity (Wildman–Crippen MR) is 123 cm³/mol. The smallest absolute Gasteiger partial charge is 0.137 e. The largest absolute Gasteiger partial charge is 0.372 e. The van der Waals surface area contributed by atoms with E-state index in [2.05, 4.69) is 21.5 Å². The third-order valence-electron chi connectivity index (χ3n) is 5.28. The minimum Gasteiger partial charge on any atom is -0.372 e.